The third-order valence-corrected chi connectivity index (χ3v) is 13.9. The van der Waals surface area contributed by atoms with Crippen LogP contribution in [0.1, 0.15) is 44.5 Å². The van der Waals surface area contributed by atoms with E-state index in [1.807, 2.05) is 12.1 Å². The summed E-state index contributed by atoms with van der Waals surface area (Å²) in [6.45, 7) is 0. The Hall–Kier alpha value is -8.20. The van der Waals surface area contributed by atoms with Gasteiger partial charge in [0.1, 0.15) is 5.75 Å². The van der Waals surface area contributed by atoms with Gasteiger partial charge in [-0.15, -0.1) is 0 Å². The molecule has 10 aromatic rings. The Labute approximate surface area is 381 Å². The van der Waals surface area contributed by atoms with Crippen LogP contribution in [0.25, 0.3) is 33.4 Å². The summed E-state index contributed by atoms with van der Waals surface area (Å²) in [5.74, 6) is 0.846. The summed E-state index contributed by atoms with van der Waals surface area (Å²) in [7, 11) is 1.71. The molecule has 0 atom stereocenters. The third-order valence-electron chi connectivity index (χ3n) is 13.9. The molecule has 0 aromatic heterocycles. The molecule has 0 fully saturated rings. The van der Waals surface area contributed by atoms with Crippen LogP contribution in [-0.2, 0) is 10.8 Å². The van der Waals surface area contributed by atoms with Crippen LogP contribution in [0.15, 0.2) is 255 Å². The summed E-state index contributed by atoms with van der Waals surface area (Å²) in [5, 5.41) is 0. The van der Waals surface area contributed by atoms with Crippen molar-refractivity contribution >= 4 is 17.1 Å². The van der Waals surface area contributed by atoms with Gasteiger partial charge in [0.15, 0.2) is 0 Å². The highest BCUT2D eigenvalue weighted by atomic mass is 16.5. The molecule has 0 radical (unpaired) electrons. The second kappa shape index (κ2) is 15.6. The van der Waals surface area contributed by atoms with Crippen LogP contribution < -0.4 is 9.64 Å². The van der Waals surface area contributed by atoms with Gasteiger partial charge in [-0.25, -0.2) is 0 Å². The second-order valence-electron chi connectivity index (χ2n) is 17.1. The van der Waals surface area contributed by atoms with Crippen LogP contribution >= 0.6 is 0 Å². The highest BCUT2D eigenvalue weighted by molar-refractivity contribution is 5.92. The molecule has 0 amide bonds. The number of hydrogen-bond donors (Lipinski definition) is 0. The molecule has 65 heavy (non-hydrogen) atoms. The first kappa shape index (κ1) is 38.5. The number of fused-ring (bicyclic) bond motifs is 6. The fraction of sp³-hybridized carbons (Fsp3) is 0.0476. The van der Waals surface area contributed by atoms with Gasteiger partial charge in [-0.3, -0.25) is 0 Å². The molecule has 2 heteroatoms. The van der Waals surface area contributed by atoms with E-state index in [4.69, 9.17) is 4.74 Å². The number of benzene rings is 10. The zero-order valence-electron chi connectivity index (χ0n) is 36.1. The van der Waals surface area contributed by atoms with Crippen LogP contribution in [-0.4, -0.2) is 7.11 Å². The molecule has 2 aliphatic rings. The van der Waals surface area contributed by atoms with Crippen LogP contribution in [0.2, 0.25) is 0 Å². The van der Waals surface area contributed by atoms with Crippen molar-refractivity contribution in [2.75, 3.05) is 12.0 Å². The first-order chi connectivity index (χ1) is 32.2. The van der Waals surface area contributed by atoms with Crippen LogP contribution in [0.3, 0.4) is 0 Å². The maximum Gasteiger partial charge on any atom is 0.118 e. The van der Waals surface area contributed by atoms with E-state index < -0.39 is 10.8 Å². The molecule has 0 spiro atoms. The van der Waals surface area contributed by atoms with E-state index in [9.17, 15) is 0 Å². The summed E-state index contributed by atoms with van der Waals surface area (Å²) in [6, 6.07) is 93.9. The molecule has 12 rings (SSSR count). The van der Waals surface area contributed by atoms with Crippen molar-refractivity contribution in [2.45, 2.75) is 10.8 Å². The quantitative estimate of drug-likeness (QED) is 0.144. The number of anilines is 3. The summed E-state index contributed by atoms with van der Waals surface area (Å²) in [4.78, 5) is 2.46. The molecular formula is C63H45NO. The topological polar surface area (TPSA) is 12.5 Å². The van der Waals surface area contributed by atoms with Crippen molar-refractivity contribution in [3.63, 3.8) is 0 Å². The maximum atomic E-state index is 5.49. The van der Waals surface area contributed by atoms with E-state index in [1.54, 1.807) is 7.11 Å². The Morgan fingerprint density at radius 3 is 1.00 bits per heavy atom. The lowest BCUT2D eigenvalue weighted by molar-refractivity contribution is 0.415. The Morgan fingerprint density at radius 2 is 0.615 bits per heavy atom. The third kappa shape index (κ3) is 5.88. The van der Waals surface area contributed by atoms with E-state index in [0.29, 0.717) is 0 Å². The number of ether oxygens (including phenoxy) is 1. The maximum absolute atomic E-state index is 5.49. The van der Waals surface area contributed by atoms with E-state index in [-0.39, 0.29) is 0 Å². The molecular weight excluding hydrogens is 787 g/mol. The lowest BCUT2D eigenvalue weighted by Gasteiger charge is -2.36. The zero-order valence-corrected chi connectivity index (χ0v) is 36.1. The Bertz CT molecular complexity index is 3060. The second-order valence-corrected chi connectivity index (χ2v) is 17.1. The summed E-state index contributed by atoms with van der Waals surface area (Å²) < 4.78 is 5.49. The van der Waals surface area contributed by atoms with Gasteiger partial charge in [-0.2, -0.15) is 0 Å². The molecule has 0 unspecified atom stereocenters. The molecule has 0 saturated heterocycles. The minimum Gasteiger partial charge on any atom is -0.497 e. The predicted octanol–water partition coefficient (Wildman–Crippen LogP) is 15.6. The molecule has 0 N–H and O–H groups in total. The zero-order chi connectivity index (χ0) is 43.4. The normalized spacial score (nSPS) is 13.6. The molecule has 0 saturated carbocycles. The predicted molar refractivity (Wildman–Crippen MR) is 268 cm³/mol. The van der Waals surface area contributed by atoms with Crippen molar-refractivity contribution in [2.24, 2.45) is 0 Å². The van der Waals surface area contributed by atoms with E-state index in [2.05, 4.69) is 248 Å². The highest BCUT2D eigenvalue weighted by Crippen LogP contribution is 2.59. The van der Waals surface area contributed by atoms with Gasteiger partial charge in [0.25, 0.3) is 0 Å². The highest BCUT2D eigenvalue weighted by Gasteiger charge is 2.48. The van der Waals surface area contributed by atoms with Gasteiger partial charge in [-0.1, -0.05) is 206 Å². The van der Waals surface area contributed by atoms with Crippen molar-refractivity contribution in [1.29, 1.82) is 0 Å². The molecule has 10 aromatic carbocycles. The van der Waals surface area contributed by atoms with Gasteiger partial charge >= 0.3 is 0 Å². The molecule has 0 heterocycles. The number of hydrogen-bond acceptors (Lipinski definition) is 2. The largest absolute Gasteiger partial charge is 0.497 e. The average molecular weight is 832 g/mol. The molecule has 308 valence electrons. The standard InChI is InChI=1S/C63H45NO/c1-65-53-38-32-45(33-39-53)44-30-34-50(35-31-44)64(51-36-40-56-54-26-14-16-28-58(54)62(60(56)42-51,46-18-6-2-7-19-46)47-20-8-3-9-21-47)52-37-41-57-55-27-15-17-29-59(55)63(61(57)43-52,48-22-10-4-11-23-48)49-24-12-5-13-25-49/h2-43H,1H3. The minimum absolute atomic E-state index is 0.538. The summed E-state index contributed by atoms with van der Waals surface area (Å²) in [5.41, 5.74) is 19.6. The molecule has 2 nitrogen and oxygen atoms in total. The van der Waals surface area contributed by atoms with E-state index >= 15 is 0 Å². The lowest BCUT2D eigenvalue weighted by Crippen LogP contribution is -2.29. The molecule has 0 bridgehead atoms. The van der Waals surface area contributed by atoms with Crippen LogP contribution in [0.5, 0.6) is 5.75 Å². The Balaban J connectivity index is 1.12. The van der Waals surface area contributed by atoms with Crippen LogP contribution in [0.4, 0.5) is 17.1 Å². The fourth-order valence-electron chi connectivity index (χ4n) is 11.2. The van der Waals surface area contributed by atoms with E-state index in [0.717, 1.165) is 33.9 Å². The monoisotopic (exact) mass is 831 g/mol. The van der Waals surface area contributed by atoms with Gasteiger partial charge in [0.2, 0.25) is 0 Å². The first-order valence-electron chi connectivity index (χ1n) is 22.4. The van der Waals surface area contributed by atoms with Crippen molar-refractivity contribution in [1.82, 2.24) is 0 Å². The van der Waals surface area contributed by atoms with Crippen molar-refractivity contribution < 1.29 is 4.74 Å². The number of nitrogens with zero attached hydrogens (tertiary/aromatic N) is 1. The minimum atomic E-state index is -0.538. The average Bonchev–Trinajstić information content (AvgIpc) is 3.86. The van der Waals surface area contributed by atoms with Gasteiger partial charge in [-0.05, 0) is 126 Å². The first-order valence-corrected chi connectivity index (χ1v) is 22.4. The van der Waals surface area contributed by atoms with E-state index in [1.165, 1.54) is 66.8 Å². The van der Waals surface area contributed by atoms with Crippen molar-refractivity contribution in [3.8, 4) is 39.1 Å². The fourth-order valence-corrected chi connectivity index (χ4v) is 11.2. The van der Waals surface area contributed by atoms with Crippen LogP contribution in [0, 0.1) is 0 Å². The Morgan fingerprint density at radius 1 is 0.292 bits per heavy atom. The summed E-state index contributed by atoms with van der Waals surface area (Å²) in [6.07, 6.45) is 0. The smallest absolute Gasteiger partial charge is 0.118 e. The van der Waals surface area contributed by atoms with Gasteiger partial charge < -0.3 is 9.64 Å². The number of methoxy groups -OCH3 is 1. The lowest BCUT2D eigenvalue weighted by atomic mass is 9.67. The van der Waals surface area contributed by atoms with Gasteiger partial charge in [0.05, 0.1) is 17.9 Å². The van der Waals surface area contributed by atoms with Crippen molar-refractivity contribution in [3.05, 3.63) is 299 Å². The molecule has 0 aliphatic heterocycles. The Kier molecular flexibility index (Phi) is 9.21. The molecule has 2 aliphatic carbocycles. The van der Waals surface area contributed by atoms with Gasteiger partial charge in [0, 0.05) is 17.1 Å². The number of rotatable bonds is 9. The SMILES string of the molecule is COc1ccc(-c2ccc(N(c3ccc4c(c3)C(c3ccccc3)(c3ccccc3)c3ccccc3-4)c3ccc4c(c3)C(c3ccccc3)(c3ccccc3)c3ccccc3-4)cc2)cc1. The summed E-state index contributed by atoms with van der Waals surface area (Å²) >= 11 is 0.